The van der Waals surface area contributed by atoms with E-state index in [1.807, 2.05) is 49.5 Å². The fourth-order valence-corrected chi connectivity index (χ4v) is 3.70. The number of oxazole rings is 1. The van der Waals surface area contributed by atoms with Crippen molar-refractivity contribution < 1.29 is 18.1 Å². The number of anilines is 1. The molecular formula is C24H18FN5O3. The van der Waals surface area contributed by atoms with Crippen LogP contribution in [0.25, 0.3) is 33.7 Å². The average molecular weight is 443 g/mol. The number of alkyl halides is 1. The summed E-state index contributed by atoms with van der Waals surface area (Å²) in [4.78, 5) is 24.5. The van der Waals surface area contributed by atoms with E-state index < -0.39 is 12.1 Å². The quantitative estimate of drug-likeness (QED) is 0.383. The minimum absolute atomic E-state index is 0.0912. The number of carbonyl (C=O) groups excluding carboxylic acids is 1. The van der Waals surface area contributed by atoms with Crippen LogP contribution in [0.5, 0.6) is 0 Å². The van der Waals surface area contributed by atoms with Crippen molar-refractivity contribution in [2.75, 3.05) is 5.32 Å². The molecule has 2 aromatic carbocycles. The molecule has 5 aromatic rings. The van der Waals surface area contributed by atoms with Crippen LogP contribution in [0.4, 0.5) is 10.1 Å². The first-order valence-corrected chi connectivity index (χ1v) is 10.5. The van der Waals surface area contributed by atoms with Crippen molar-refractivity contribution in [1.29, 1.82) is 0 Å². The molecule has 0 bridgehead atoms. The number of hydrogen-bond acceptors (Lipinski definition) is 6. The van der Waals surface area contributed by atoms with Gasteiger partial charge in [0.2, 0.25) is 23.4 Å². The average Bonchev–Trinajstić information content (AvgIpc) is 3.29. The van der Waals surface area contributed by atoms with Crippen LogP contribution in [-0.4, -0.2) is 32.2 Å². The van der Waals surface area contributed by atoms with Gasteiger partial charge < -0.3 is 19.2 Å². The molecule has 8 nitrogen and oxygen atoms in total. The predicted molar refractivity (Wildman–Crippen MR) is 118 cm³/mol. The van der Waals surface area contributed by atoms with Gasteiger partial charge in [-0.05, 0) is 49.2 Å². The van der Waals surface area contributed by atoms with Gasteiger partial charge in [0.15, 0.2) is 0 Å². The lowest BCUT2D eigenvalue weighted by molar-refractivity contribution is 0.0997. The Morgan fingerprint density at radius 3 is 2.88 bits per heavy atom. The maximum Gasteiger partial charge on any atom is 0.293 e. The molecule has 1 aliphatic carbocycles. The third-order valence-electron chi connectivity index (χ3n) is 5.75. The summed E-state index contributed by atoms with van der Waals surface area (Å²) in [5.41, 5.74) is 3.86. The van der Waals surface area contributed by atoms with E-state index in [2.05, 4.69) is 25.4 Å². The Kier molecular flexibility index (Phi) is 4.36. The maximum absolute atomic E-state index is 13.3. The van der Waals surface area contributed by atoms with Crippen LogP contribution in [0, 0.1) is 6.92 Å². The Labute approximate surface area is 186 Å². The second kappa shape index (κ2) is 7.40. The molecule has 3 aromatic heterocycles. The summed E-state index contributed by atoms with van der Waals surface area (Å²) in [5.74, 6) is 0.364. The largest absolute Gasteiger partial charge is 0.431 e. The molecule has 1 amide bonds. The topological polar surface area (TPSA) is 110 Å². The molecular weight excluding hydrogens is 425 g/mol. The van der Waals surface area contributed by atoms with E-state index in [-0.39, 0.29) is 11.7 Å². The molecule has 9 heteroatoms. The van der Waals surface area contributed by atoms with Crippen LogP contribution in [0.15, 0.2) is 63.8 Å². The van der Waals surface area contributed by atoms with E-state index >= 15 is 0 Å². The van der Waals surface area contributed by atoms with E-state index in [1.54, 1.807) is 6.07 Å². The number of hydrogen-bond donors (Lipinski definition) is 2. The molecule has 0 aliphatic heterocycles. The van der Waals surface area contributed by atoms with Crippen LogP contribution >= 0.6 is 0 Å². The molecule has 33 heavy (non-hydrogen) atoms. The lowest BCUT2D eigenvalue weighted by Gasteiger charge is -2.08. The fraction of sp³-hybridized carbons (Fsp3) is 0.167. The number of H-pyrrole nitrogens is 1. The van der Waals surface area contributed by atoms with E-state index in [9.17, 15) is 9.18 Å². The van der Waals surface area contributed by atoms with Gasteiger partial charge in [-0.1, -0.05) is 17.3 Å². The van der Waals surface area contributed by atoms with Gasteiger partial charge in [0.25, 0.3) is 5.91 Å². The summed E-state index contributed by atoms with van der Waals surface area (Å²) in [6.45, 7) is 1.87. The van der Waals surface area contributed by atoms with Crippen molar-refractivity contribution in [3.63, 3.8) is 0 Å². The van der Waals surface area contributed by atoms with Crippen molar-refractivity contribution in [2.24, 2.45) is 0 Å². The number of carbonyl (C=O) groups is 1. The summed E-state index contributed by atoms with van der Waals surface area (Å²) in [6, 6.07) is 13.1. The van der Waals surface area contributed by atoms with E-state index in [0.29, 0.717) is 35.3 Å². The summed E-state index contributed by atoms with van der Waals surface area (Å²) < 4.78 is 24.2. The number of aromatic amines is 1. The number of nitrogens with zero attached hydrogens (tertiary/aromatic N) is 3. The van der Waals surface area contributed by atoms with E-state index in [1.165, 1.54) is 6.20 Å². The number of aromatic nitrogens is 4. The van der Waals surface area contributed by atoms with Crippen molar-refractivity contribution in [1.82, 2.24) is 20.1 Å². The third kappa shape index (κ3) is 3.57. The first-order chi connectivity index (χ1) is 16.0. The first kappa shape index (κ1) is 19.4. The Balaban J connectivity index is 1.22. The molecule has 1 aliphatic rings. The summed E-state index contributed by atoms with van der Waals surface area (Å²) in [5, 5.41) is 7.83. The van der Waals surface area contributed by atoms with Gasteiger partial charge >= 0.3 is 0 Å². The molecule has 3 heterocycles. The number of nitrogens with one attached hydrogen (secondary N) is 2. The number of benzene rings is 2. The number of fused-ring (bicyclic) bond motifs is 1. The Hall–Kier alpha value is -4.27. The molecule has 2 atom stereocenters. The van der Waals surface area contributed by atoms with Crippen LogP contribution < -0.4 is 5.32 Å². The summed E-state index contributed by atoms with van der Waals surface area (Å²) in [6.07, 6.45) is 2.76. The van der Waals surface area contributed by atoms with Gasteiger partial charge in [-0.3, -0.25) is 4.79 Å². The molecule has 1 fully saturated rings. The van der Waals surface area contributed by atoms with Crippen LogP contribution in [0.3, 0.4) is 0 Å². The lowest BCUT2D eigenvalue weighted by Crippen LogP contribution is -2.12. The van der Waals surface area contributed by atoms with Gasteiger partial charge in [-0.25, -0.2) is 9.37 Å². The SMILES string of the molecule is Cc1ccc(-c2noc([C@H]3C[C@@H]3F)n2)cc1NC(=O)c1cnc(-c2ccc3[nH]ccc3c2)o1. The second-order valence-electron chi connectivity index (χ2n) is 8.11. The van der Waals surface area contributed by atoms with Crippen molar-refractivity contribution >= 4 is 22.5 Å². The highest BCUT2D eigenvalue weighted by atomic mass is 19.1. The van der Waals surface area contributed by atoms with Crippen LogP contribution in [0.1, 0.15) is 34.3 Å². The van der Waals surface area contributed by atoms with Crippen LogP contribution in [-0.2, 0) is 0 Å². The molecule has 0 unspecified atom stereocenters. The molecule has 0 radical (unpaired) electrons. The van der Waals surface area contributed by atoms with Gasteiger partial charge in [0, 0.05) is 33.9 Å². The van der Waals surface area contributed by atoms with Crippen molar-refractivity contribution in [2.45, 2.75) is 25.4 Å². The zero-order chi connectivity index (χ0) is 22.5. The van der Waals surface area contributed by atoms with Crippen molar-refractivity contribution in [3.05, 3.63) is 72.1 Å². The molecule has 0 saturated heterocycles. The number of rotatable bonds is 5. The molecule has 0 spiro atoms. The van der Waals surface area contributed by atoms with Gasteiger partial charge in [-0.15, -0.1) is 0 Å². The predicted octanol–water partition coefficient (Wildman–Crippen LogP) is 5.26. The summed E-state index contributed by atoms with van der Waals surface area (Å²) >= 11 is 0. The zero-order valence-corrected chi connectivity index (χ0v) is 17.5. The van der Waals surface area contributed by atoms with Gasteiger partial charge in [-0.2, -0.15) is 4.98 Å². The van der Waals surface area contributed by atoms with Crippen LogP contribution in [0.2, 0.25) is 0 Å². The highest BCUT2D eigenvalue weighted by molar-refractivity contribution is 6.03. The molecule has 1 saturated carbocycles. The normalized spacial score (nSPS) is 17.4. The molecule has 2 N–H and O–H groups in total. The van der Waals surface area contributed by atoms with E-state index in [4.69, 9.17) is 8.94 Å². The number of amides is 1. The Bertz CT molecular complexity index is 1500. The lowest BCUT2D eigenvalue weighted by atomic mass is 10.1. The third-order valence-corrected chi connectivity index (χ3v) is 5.75. The van der Waals surface area contributed by atoms with Gasteiger partial charge in [0.05, 0.1) is 12.1 Å². The second-order valence-corrected chi connectivity index (χ2v) is 8.11. The minimum Gasteiger partial charge on any atom is -0.431 e. The smallest absolute Gasteiger partial charge is 0.293 e. The monoisotopic (exact) mass is 443 g/mol. The Morgan fingerprint density at radius 1 is 1.18 bits per heavy atom. The van der Waals surface area contributed by atoms with E-state index in [0.717, 1.165) is 22.0 Å². The molecule has 6 rings (SSSR count). The number of aryl methyl sites for hydroxylation is 1. The summed E-state index contributed by atoms with van der Waals surface area (Å²) in [7, 11) is 0. The number of halogens is 1. The standard InChI is InChI=1S/C24H18FN5O3/c1-12-2-3-14(21-29-24(33-30-21)16-10-17(16)25)9-19(12)28-22(31)20-11-27-23(32-20)15-4-5-18-13(8-15)6-7-26-18/h2-9,11,16-17,26H,10H2,1H3,(H,28,31)/t16-,17-/m0/s1. The first-order valence-electron chi connectivity index (χ1n) is 10.5. The zero-order valence-electron chi connectivity index (χ0n) is 17.5. The van der Waals surface area contributed by atoms with Crippen molar-refractivity contribution in [3.8, 4) is 22.8 Å². The fourth-order valence-electron chi connectivity index (χ4n) is 3.70. The Morgan fingerprint density at radius 2 is 2.03 bits per heavy atom. The molecule has 164 valence electrons. The van der Waals surface area contributed by atoms with Gasteiger partial charge in [0.1, 0.15) is 6.17 Å². The minimum atomic E-state index is -0.914. The maximum atomic E-state index is 13.3. The highest BCUT2D eigenvalue weighted by Crippen LogP contribution is 2.43. The highest BCUT2D eigenvalue weighted by Gasteiger charge is 2.43.